The monoisotopic (exact) mass is 373 g/mol. The summed E-state index contributed by atoms with van der Waals surface area (Å²) in [6.45, 7) is 3.69. The molecular weight excluding hydrogens is 350 g/mol. The number of fused-ring (bicyclic) bond motifs is 1. The third kappa shape index (κ3) is 3.05. The van der Waals surface area contributed by atoms with Crippen molar-refractivity contribution in [2.24, 2.45) is 0 Å². The number of aromatic amines is 1. The maximum atomic E-state index is 5.50. The van der Waals surface area contributed by atoms with Gasteiger partial charge in [-0.2, -0.15) is 0 Å². The Labute approximate surface area is 163 Å². The van der Waals surface area contributed by atoms with Crippen molar-refractivity contribution in [2.45, 2.75) is 25.8 Å². The second kappa shape index (κ2) is 7.13. The topological polar surface area (TPSA) is 67.8 Å². The number of nitrogens with zero attached hydrogens (tertiary/aromatic N) is 3. The smallest absolute Gasteiger partial charge is 0.150 e. The first-order valence-electron chi connectivity index (χ1n) is 9.70. The van der Waals surface area contributed by atoms with E-state index in [1.807, 2.05) is 12.4 Å². The largest absolute Gasteiger partial charge is 0.381 e. The standard InChI is InChI=1S/C22H23N5O/c1-15-3-2-4-18(11-15)27-13-19(16-5-8-23-12-16)20-21(24-14-25-22(20)27)26-17-6-9-28-10-7-17/h2-5,8,11-14,17,23H,6-7,9-10H2,1H3,(H,24,25,26). The van der Waals surface area contributed by atoms with E-state index in [4.69, 9.17) is 4.74 Å². The molecular formula is C22H23N5O. The van der Waals surface area contributed by atoms with E-state index in [9.17, 15) is 0 Å². The molecule has 0 aliphatic carbocycles. The van der Waals surface area contributed by atoms with E-state index in [0.717, 1.165) is 59.7 Å². The highest BCUT2D eigenvalue weighted by atomic mass is 16.5. The number of H-pyrrole nitrogens is 1. The van der Waals surface area contributed by atoms with Gasteiger partial charge >= 0.3 is 0 Å². The molecule has 28 heavy (non-hydrogen) atoms. The summed E-state index contributed by atoms with van der Waals surface area (Å²) in [6, 6.07) is 10.9. The number of rotatable bonds is 4. The number of anilines is 1. The Balaban J connectivity index is 1.69. The predicted molar refractivity (Wildman–Crippen MR) is 111 cm³/mol. The fourth-order valence-electron chi connectivity index (χ4n) is 3.89. The minimum absolute atomic E-state index is 0.369. The third-order valence-corrected chi connectivity index (χ3v) is 5.33. The molecule has 0 unspecified atom stereocenters. The van der Waals surface area contributed by atoms with Crippen LogP contribution in [0.3, 0.4) is 0 Å². The molecule has 2 N–H and O–H groups in total. The Bertz CT molecular complexity index is 1090. The number of hydrogen-bond acceptors (Lipinski definition) is 4. The zero-order valence-electron chi connectivity index (χ0n) is 15.9. The van der Waals surface area contributed by atoms with Crippen LogP contribution in [0.5, 0.6) is 0 Å². The molecule has 0 radical (unpaired) electrons. The van der Waals surface area contributed by atoms with Crippen molar-refractivity contribution in [3.05, 3.63) is 60.8 Å². The van der Waals surface area contributed by atoms with Gasteiger partial charge in [0.15, 0.2) is 5.65 Å². The quantitative estimate of drug-likeness (QED) is 0.559. The van der Waals surface area contributed by atoms with Gasteiger partial charge in [-0.1, -0.05) is 12.1 Å². The Hall–Kier alpha value is -3.12. The Morgan fingerprint density at radius 1 is 1.18 bits per heavy atom. The minimum Gasteiger partial charge on any atom is -0.381 e. The summed E-state index contributed by atoms with van der Waals surface area (Å²) >= 11 is 0. The lowest BCUT2D eigenvalue weighted by Gasteiger charge is -2.24. The first-order chi connectivity index (χ1) is 13.8. The highest BCUT2D eigenvalue weighted by Crippen LogP contribution is 2.35. The SMILES string of the molecule is Cc1cccc(-n2cc(-c3cc[nH]c3)c3c(NC4CCOCC4)ncnc32)c1. The summed E-state index contributed by atoms with van der Waals surface area (Å²) in [5, 5.41) is 4.70. The van der Waals surface area contributed by atoms with Crippen LogP contribution in [0.15, 0.2) is 55.2 Å². The van der Waals surface area contributed by atoms with E-state index in [-0.39, 0.29) is 0 Å². The van der Waals surface area contributed by atoms with Gasteiger partial charge in [0.2, 0.25) is 0 Å². The number of benzene rings is 1. The van der Waals surface area contributed by atoms with Crippen molar-refractivity contribution >= 4 is 16.9 Å². The molecule has 1 fully saturated rings. The lowest BCUT2D eigenvalue weighted by molar-refractivity contribution is 0.0904. The minimum atomic E-state index is 0.369. The van der Waals surface area contributed by atoms with Crippen molar-refractivity contribution in [3.8, 4) is 16.8 Å². The molecule has 1 saturated heterocycles. The van der Waals surface area contributed by atoms with Crippen molar-refractivity contribution in [1.29, 1.82) is 0 Å². The zero-order valence-corrected chi connectivity index (χ0v) is 15.9. The van der Waals surface area contributed by atoms with Gasteiger partial charge in [0, 0.05) is 54.7 Å². The summed E-state index contributed by atoms with van der Waals surface area (Å²) in [5.41, 5.74) is 5.47. The van der Waals surface area contributed by atoms with Crippen LogP contribution in [-0.4, -0.2) is 38.8 Å². The molecule has 6 heteroatoms. The van der Waals surface area contributed by atoms with Gasteiger partial charge in [0.1, 0.15) is 12.1 Å². The normalized spacial score (nSPS) is 15.2. The number of ether oxygens (including phenoxy) is 1. The van der Waals surface area contributed by atoms with Gasteiger partial charge in [-0.05, 0) is 43.5 Å². The van der Waals surface area contributed by atoms with Crippen molar-refractivity contribution in [3.63, 3.8) is 0 Å². The molecule has 0 saturated carbocycles. The van der Waals surface area contributed by atoms with Gasteiger partial charge < -0.3 is 19.6 Å². The summed E-state index contributed by atoms with van der Waals surface area (Å²) in [6.07, 6.45) is 9.75. The lowest BCUT2D eigenvalue weighted by Crippen LogP contribution is -2.28. The van der Waals surface area contributed by atoms with Gasteiger partial charge in [0.25, 0.3) is 0 Å². The Morgan fingerprint density at radius 3 is 2.86 bits per heavy atom. The molecule has 1 aromatic carbocycles. The zero-order chi connectivity index (χ0) is 18.9. The summed E-state index contributed by atoms with van der Waals surface area (Å²) in [4.78, 5) is 12.4. The van der Waals surface area contributed by atoms with Crippen LogP contribution >= 0.6 is 0 Å². The molecule has 4 heterocycles. The third-order valence-electron chi connectivity index (χ3n) is 5.33. The van der Waals surface area contributed by atoms with E-state index >= 15 is 0 Å². The summed E-state index contributed by atoms with van der Waals surface area (Å²) < 4.78 is 7.65. The molecule has 3 aromatic heterocycles. The van der Waals surface area contributed by atoms with Crippen molar-refractivity contribution in [1.82, 2.24) is 19.5 Å². The molecule has 0 atom stereocenters. The molecule has 0 bridgehead atoms. The van der Waals surface area contributed by atoms with E-state index in [1.54, 1.807) is 6.33 Å². The highest BCUT2D eigenvalue weighted by Gasteiger charge is 2.20. The fraction of sp³-hybridized carbons (Fsp3) is 0.273. The Kier molecular flexibility index (Phi) is 4.33. The van der Waals surface area contributed by atoms with Gasteiger partial charge in [-0.15, -0.1) is 0 Å². The predicted octanol–water partition coefficient (Wildman–Crippen LogP) is 4.31. The number of nitrogens with one attached hydrogen (secondary N) is 2. The van der Waals surface area contributed by atoms with E-state index in [0.29, 0.717) is 6.04 Å². The molecule has 0 spiro atoms. The van der Waals surface area contributed by atoms with Gasteiger partial charge in [-0.3, -0.25) is 0 Å². The lowest BCUT2D eigenvalue weighted by atomic mass is 10.1. The van der Waals surface area contributed by atoms with E-state index in [1.165, 1.54) is 5.56 Å². The van der Waals surface area contributed by atoms with Crippen LogP contribution in [0, 0.1) is 6.92 Å². The maximum Gasteiger partial charge on any atom is 0.150 e. The summed E-state index contributed by atoms with van der Waals surface area (Å²) in [7, 11) is 0. The van der Waals surface area contributed by atoms with Crippen LogP contribution in [0.2, 0.25) is 0 Å². The van der Waals surface area contributed by atoms with Gasteiger partial charge in [-0.25, -0.2) is 9.97 Å². The van der Waals surface area contributed by atoms with Crippen LogP contribution in [0.1, 0.15) is 18.4 Å². The first-order valence-corrected chi connectivity index (χ1v) is 9.70. The van der Waals surface area contributed by atoms with Crippen LogP contribution in [0.4, 0.5) is 5.82 Å². The van der Waals surface area contributed by atoms with E-state index < -0.39 is 0 Å². The maximum absolute atomic E-state index is 5.50. The summed E-state index contributed by atoms with van der Waals surface area (Å²) in [5.74, 6) is 0.888. The second-order valence-corrected chi connectivity index (χ2v) is 7.30. The fourth-order valence-corrected chi connectivity index (χ4v) is 3.89. The van der Waals surface area contributed by atoms with Crippen molar-refractivity contribution < 1.29 is 4.74 Å². The molecule has 5 rings (SSSR count). The molecule has 1 aliphatic heterocycles. The second-order valence-electron chi connectivity index (χ2n) is 7.30. The average Bonchev–Trinajstić information content (AvgIpc) is 3.37. The van der Waals surface area contributed by atoms with E-state index in [2.05, 4.69) is 68.3 Å². The molecule has 4 aromatic rings. The highest BCUT2D eigenvalue weighted by molar-refractivity contribution is 6.02. The first kappa shape index (κ1) is 17.0. The number of aromatic nitrogens is 4. The molecule has 6 nitrogen and oxygen atoms in total. The average molecular weight is 373 g/mol. The van der Waals surface area contributed by atoms with Crippen LogP contribution in [-0.2, 0) is 4.74 Å². The molecule has 0 amide bonds. The number of aryl methyl sites for hydroxylation is 1. The van der Waals surface area contributed by atoms with Crippen molar-refractivity contribution in [2.75, 3.05) is 18.5 Å². The number of hydrogen-bond donors (Lipinski definition) is 2. The molecule has 1 aliphatic rings. The molecule has 142 valence electrons. The van der Waals surface area contributed by atoms with Crippen LogP contribution < -0.4 is 5.32 Å². The van der Waals surface area contributed by atoms with Gasteiger partial charge in [0.05, 0.1) is 5.39 Å². The Morgan fingerprint density at radius 2 is 2.07 bits per heavy atom. The van der Waals surface area contributed by atoms with Crippen LogP contribution in [0.25, 0.3) is 27.8 Å².